The smallest absolute Gasteiger partial charge is 0.191 e. The van der Waals surface area contributed by atoms with Crippen molar-refractivity contribution in [2.24, 2.45) is 0 Å². The lowest BCUT2D eigenvalue weighted by Crippen LogP contribution is -2.19. The predicted molar refractivity (Wildman–Crippen MR) is 121 cm³/mol. The fraction of sp³-hybridized carbons (Fsp3) is 0.348. The van der Waals surface area contributed by atoms with Crippen LogP contribution in [0.5, 0.6) is 5.75 Å². The van der Waals surface area contributed by atoms with Crippen LogP contribution >= 0.6 is 11.8 Å². The lowest BCUT2D eigenvalue weighted by atomic mass is 10.1. The number of hydrogen-bond acceptors (Lipinski definition) is 7. The van der Waals surface area contributed by atoms with E-state index in [9.17, 15) is 9.18 Å². The van der Waals surface area contributed by atoms with Crippen LogP contribution in [0.25, 0.3) is 0 Å². The third-order valence-corrected chi connectivity index (χ3v) is 6.21. The quantitative estimate of drug-likeness (QED) is 0.362. The molecule has 2 aromatic carbocycles. The van der Waals surface area contributed by atoms with E-state index in [-0.39, 0.29) is 23.5 Å². The highest BCUT2D eigenvalue weighted by molar-refractivity contribution is 7.99. The van der Waals surface area contributed by atoms with Gasteiger partial charge in [-0.05, 0) is 61.4 Å². The van der Waals surface area contributed by atoms with Gasteiger partial charge >= 0.3 is 0 Å². The number of thioether (sulfide) groups is 1. The van der Waals surface area contributed by atoms with E-state index < -0.39 is 0 Å². The molecule has 1 aromatic heterocycles. The van der Waals surface area contributed by atoms with E-state index in [2.05, 4.69) is 15.5 Å². The summed E-state index contributed by atoms with van der Waals surface area (Å²) in [6.07, 6.45) is 2.12. The van der Waals surface area contributed by atoms with Gasteiger partial charge in [0, 0.05) is 17.9 Å². The standard InChI is InChI=1S/C23H25FN4O3S/c1-30-19-10-4-16(5-11-19)21(29)15-32-23-27-26-22(28(23)14-20-3-2-12-31-20)13-25-18-8-6-17(24)7-9-18/h4-11,20,25H,2-3,12-15H2,1H3. The van der Waals surface area contributed by atoms with Crippen molar-refractivity contribution >= 4 is 23.2 Å². The molecular weight excluding hydrogens is 431 g/mol. The van der Waals surface area contributed by atoms with Gasteiger partial charge in [0.2, 0.25) is 0 Å². The minimum absolute atomic E-state index is 0.00954. The molecule has 0 aliphatic carbocycles. The number of rotatable bonds is 10. The molecular formula is C23H25FN4O3S. The zero-order chi connectivity index (χ0) is 22.3. The van der Waals surface area contributed by atoms with E-state index in [1.54, 1.807) is 43.5 Å². The number of methoxy groups -OCH3 is 1. The fourth-order valence-electron chi connectivity index (χ4n) is 3.47. The Morgan fingerprint density at radius 3 is 2.69 bits per heavy atom. The van der Waals surface area contributed by atoms with Gasteiger partial charge in [0.1, 0.15) is 11.6 Å². The summed E-state index contributed by atoms with van der Waals surface area (Å²) >= 11 is 1.36. The molecule has 9 heteroatoms. The number of benzene rings is 2. The van der Waals surface area contributed by atoms with Gasteiger partial charge in [-0.15, -0.1) is 10.2 Å². The van der Waals surface area contributed by atoms with E-state index in [1.165, 1.54) is 23.9 Å². The zero-order valence-electron chi connectivity index (χ0n) is 17.8. The van der Waals surface area contributed by atoms with Crippen LogP contribution in [-0.4, -0.2) is 46.1 Å². The molecule has 0 saturated carbocycles. The first-order valence-electron chi connectivity index (χ1n) is 10.5. The fourth-order valence-corrected chi connectivity index (χ4v) is 4.33. The summed E-state index contributed by atoms with van der Waals surface area (Å²) in [5.41, 5.74) is 1.42. The highest BCUT2D eigenvalue weighted by Gasteiger charge is 2.21. The summed E-state index contributed by atoms with van der Waals surface area (Å²) in [4.78, 5) is 12.6. The molecule has 0 amide bonds. The van der Waals surface area contributed by atoms with Crippen molar-refractivity contribution in [2.45, 2.75) is 37.2 Å². The maximum atomic E-state index is 13.2. The van der Waals surface area contributed by atoms with Crippen molar-refractivity contribution in [1.29, 1.82) is 0 Å². The molecule has 32 heavy (non-hydrogen) atoms. The second-order valence-electron chi connectivity index (χ2n) is 7.45. The van der Waals surface area contributed by atoms with Crippen LogP contribution in [0, 0.1) is 5.82 Å². The Balaban J connectivity index is 1.44. The third-order valence-electron chi connectivity index (χ3n) is 5.24. The number of nitrogens with one attached hydrogen (secondary N) is 1. The van der Waals surface area contributed by atoms with Crippen LogP contribution in [0.3, 0.4) is 0 Å². The lowest BCUT2D eigenvalue weighted by Gasteiger charge is -2.15. The number of nitrogens with zero attached hydrogens (tertiary/aromatic N) is 3. The molecule has 1 saturated heterocycles. The third kappa shape index (κ3) is 5.66. The number of carbonyl (C=O) groups is 1. The molecule has 2 heterocycles. The zero-order valence-corrected chi connectivity index (χ0v) is 18.6. The van der Waals surface area contributed by atoms with Crippen molar-refractivity contribution in [3.63, 3.8) is 0 Å². The van der Waals surface area contributed by atoms with E-state index in [4.69, 9.17) is 9.47 Å². The summed E-state index contributed by atoms with van der Waals surface area (Å²) in [6, 6.07) is 13.2. The van der Waals surface area contributed by atoms with E-state index in [1.807, 2.05) is 4.57 Å². The average Bonchev–Trinajstić information content (AvgIpc) is 3.47. The molecule has 1 unspecified atom stereocenters. The number of anilines is 1. The number of halogens is 1. The van der Waals surface area contributed by atoms with Gasteiger partial charge in [-0.2, -0.15) is 0 Å². The van der Waals surface area contributed by atoms with Gasteiger partial charge in [0.15, 0.2) is 16.8 Å². The summed E-state index contributed by atoms with van der Waals surface area (Å²) in [5, 5.41) is 12.6. The first-order chi connectivity index (χ1) is 15.6. The Morgan fingerprint density at radius 1 is 1.22 bits per heavy atom. The minimum atomic E-state index is -0.280. The Kier molecular flexibility index (Phi) is 7.39. The van der Waals surface area contributed by atoms with Gasteiger partial charge in [-0.25, -0.2) is 4.39 Å². The van der Waals surface area contributed by atoms with Gasteiger partial charge in [0.05, 0.1) is 32.1 Å². The first kappa shape index (κ1) is 22.3. The van der Waals surface area contributed by atoms with Gasteiger partial charge < -0.3 is 19.4 Å². The van der Waals surface area contributed by atoms with Crippen molar-refractivity contribution in [3.05, 3.63) is 65.7 Å². The largest absolute Gasteiger partial charge is 0.497 e. The van der Waals surface area contributed by atoms with Gasteiger partial charge in [-0.3, -0.25) is 4.79 Å². The predicted octanol–water partition coefficient (Wildman–Crippen LogP) is 4.19. The molecule has 1 N–H and O–H groups in total. The Labute approximate surface area is 190 Å². The molecule has 0 radical (unpaired) electrons. The molecule has 1 atom stereocenters. The molecule has 1 aliphatic rings. The van der Waals surface area contributed by atoms with E-state index in [0.717, 1.165) is 31.0 Å². The Hall–Kier alpha value is -2.91. The highest BCUT2D eigenvalue weighted by Crippen LogP contribution is 2.23. The van der Waals surface area contributed by atoms with Crippen molar-refractivity contribution in [2.75, 3.05) is 24.8 Å². The van der Waals surface area contributed by atoms with E-state index >= 15 is 0 Å². The van der Waals surface area contributed by atoms with Crippen molar-refractivity contribution in [1.82, 2.24) is 14.8 Å². The molecule has 0 bridgehead atoms. The number of ketones is 1. The highest BCUT2D eigenvalue weighted by atomic mass is 32.2. The number of Topliss-reactive ketones (excluding diaryl/α,β-unsaturated/α-hetero) is 1. The second kappa shape index (κ2) is 10.6. The van der Waals surface area contributed by atoms with E-state index in [0.29, 0.717) is 29.6 Å². The average molecular weight is 457 g/mol. The van der Waals surface area contributed by atoms with Crippen LogP contribution in [0.2, 0.25) is 0 Å². The summed E-state index contributed by atoms with van der Waals surface area (Å²) in [7, 11) is 1.59. The maximum absolute atomic E-state index is 13.2. The first-order valence-corrected chi connectivity index (χ1v) is 11.4. The van der Waals surface area contributed by atoms with Crippen LogP contribution in [0.4, 0.5) is 10.1 Å². The SMILES string of the molecule is COc1ccc(C(=O)CSc2nnc(CNc3ccc(F)cc3)n2CC2CCCO2)cc1. The Bertz CT molecular complexity index is 1030. The van der Waals surface area contributed by atoms with Crippen LogP contribution < -0.4 is 10.1 Å². The molecule has 3 aromatic rings. The van der Waals surface area contributed by atoms with Gasteiger partial charge in [0.25, 0.3) is 0 Å². The molecule has 0 spiro atoms. The summed E-state index contributed by atoms with van der Waals surface area (Å²) < 4.78 is 26.1. The number of ether oxygens (including phenoxy) is 2. The topological polar surface area (TPSA) is 78.3 Å². The summed E-state index contributed by atoms with van der Waals surface area (Å²) in [6.45, 7) is 1.82. The molecule has 168 valence electrons. The van der Waals surface area contributed by atoms with Crippen LogP contribution in [0.1, 0.15) is 29.0 Å². The molecule has 1 aliphatic heterocycles. The monoisotopic (exact) mass is 456 g/mol. The molecule has 1 fully saturated rings. The number of carbonyl (C=O) groups excluding carboxylic acids is 1. The maximum Gasteiger partial charge on any atom is 0.191 e. The van der Waals surface area contributed by atoms with Gasteiger partial charge in [-0.1, -0.05) is 11.8 Å². The van der Waals surface area contributed by atoms with Crippen molar-refractivity contribution < 1.29 is 18.7 Å². The van der Waals surface area contributed by atoms with Crippen molar-refractivity contribution in [3.8, 4) is 5.75 Å². The second-order valence-corrected chi connectivity index (χ2v) is 8.39. The number of hydrogen-bond donors (Lipinski definition) is 1. The number of aromatic nitrogens is 3. The lowest BCUT2D eigenvalue weighted by molar-refractivity contribution is 0.0942. The molecule has 7 nitrogen and oxygen atoms in total. The summed E-state index contributed by atoms with van der Waals surface area (Å²) in [5.74, 6) is 1.43. The Morgan fingerprint density at radius 2 is 2.00 bits per heavy atom. The van der Waals surface area contributed by atoms with Crippen LogP contribution in [0.15, 0.2) is 53.7 Å². The van der Waals surface area contributed by atoms with Crippen LogP contribution in [-0.2, 0) is 17.8 Å². The molecule has 4 rings (SSSR count). The normalized spacial score (nSPS) is 15.6. The minimum Gasteiger partial charge on any atom is -0.497 e.